The van der Waals surface area contributed by atoms with E-state index in [0.717, 1.165) is 0 Å². The zero-order valence-electron chi connectivity index (χ0n) is 9.07. The molecule has 16 heavy (non-hydrogen) atoms. The Bertz CT molecular complexity index is 327. The molecular formula is C10H16ClN3O2. The van der Waals surface area contributed by atoms with Crippen LogP contribution in [0.25, 0.3) is 0 Å². The van der Waals surface area contributed by atoms with Crippen LogP contribution in [0.5, 0.6) is 0 Å². The standard InChI is InChI=1S/C10H16ClN3O2/c1-2-10(5-15,6-16)14-9-4-7(12)3-8(11)13-9/h3-4,15-16H,2,5-6H2,1H3,(H3,12,13,14). The highest BCUT2D eigenvalue weighted by Crippen LogP contribution is 2.21. The highest BCUT2D eigenvalue weighted by Gasteiger charge is 2.26. The smallest absolute Gasteiger partial charge is 0.133 e. The Morgan fingerprint density at radius 3 is 2.50 bits per heavy atom. The Morgan fingerprint density at radius 2 is 2.06 bits per heavy atom. The lowest BCUT2D eigenvalue weighted by molar-refractivity contribution is 0.132. The average Bonchev–Trinajstić information content (AvgIpc) is 2.25. The molecule has 0 atom stereocenters. The van der Waals surface area contributed by atoms with Gasteiger partial charge in [-0.1, -0.05) is 18.5 Å². The van der Waals surface area contributed by atoms with Crippen molar-refractivity contribution in [3.8, 4) is 0 Å². The molecule has 0 aliphatic carbocycles. The van der Waals surface area contributed by atoms with Crippen molar-refractivity contribution in [2.45, 2.75) is 18.9 Å². The Morgan fingerprint density at radius 1 is 1.44 bits per heavy atom. The van der Waals surface area contributed by atoms with Gasteiger partial charge in [-0.2, -0.15) is 0 Å². The van der Waals surface area contributed by atoms with E-state index >= 15 is 0 Å². The Kier molecular flexibility index (Phi) is 4.35. The molecule has 0 spiro atoms. The maximum absolute atomic E-state index is 9.26. The predicted octanol–water partition coefficient (Wildman–Crippen LogP) is 0.862. The lowest BCUT2D eigenvalue weighted by Gasteiger charge is -2.30. The molecule has 0 radical (unpaired) electrons. The van der Waals surface area contributed by atoms with Crippen molar-refractivity contribution in [1.29, 1.82) is 0 Å². The Labute approximate surface area is 99.3 Å². The summed E-state index contributed by atoms with van der Waals surface area (Å²) in [4.78, 5) is 4.01. The first kappa shape index (κ1) is 13.0. The SMILES string of the molecule is CCC(CO)(CO)Nc1cc(N)cc(Cl)n1. The predicted molar refractivity (Wildman–Crippen MR) is 64.5 cm³/mol. The second-order valence-corrected chi connectivity index (χ2v) is 4.07. The number of halogens is 1. The third-order valence-electron chi connectivity index (χ3n) is 2.49. The van der Waals surface area contributed by atoms with E-state index in [-0.39, 0.29) is 18.4 Å². The summed E-state index contributed by atoms with van der Waals surface area (Å²) >= 11 is 5.75. The van der Waals surface area contributed by atoms with Gasteiger partial charge in [0.2, 0.25) is 0 Å². The van der Waals surface area contributed by atoms with Crippen molar-refractivity contribution in [2.24, 2.45) is 0 Å². The Hall–Kier alpha value is -1.04. The summed E-state index contributed by atoms with van der Waals surface area (Å²) in [5.74, 6) is 0.440. The van der Waals surface area contributed by atoms with Crippen LogP contribution in [0, 0.1) is 0 Å². The first-order valence-electron chi connectivity index (χ1n) is 4.98. The largest absolute Gasteiger partial charge is 0.399 e. The summed E-state index contributed by atoms with van der Waals surface area (Å²) in [6, 6.07) is 3.12. The number of nitrogen functional groups attached to an aromatic ring is 1. The molecule has 1 heterocycles. The maximum atomic E-state index is 9.26. The first-order chi connectivity index (χ1) is 7.55. The minimum Gasteiger partial charge on any atom is -0.399 e. The van der Waals surface area contributed by atoms with E-state index in [1.165, 1.54) is 6.07 Å². The molecule has 0 amide bonds. The fraction of sp³-hybridized carbons (Fsp3) is 0.500. The molecule has 0 aliphatic heterocycles. The van der Waals surface area contributed by atoms with Gasteiger partial charge in [0.25, 0.3) is 0 Å². The summed E-state index contributed by atoms with van der Waals surface area (Å²) in [6.45, 7) is 1.45. The number of rotatable bonds is 5. The summed E-state index contributed by atoms with van der Waals surface area (Å²) < 4.78 is 0. The molecule has 1 aromatic rings. The minimum absolute atomic E-state index is 0.200. The van der Waals surface area contributed by atoms with Crippen LogP contribution in [0.3, 0.4) is 0 Å². The van der Waals surface area contributed by atoms with Crippen LogP contribution >= 0.6 is 11.6 Å². The molecule has 0 bridgehead atoms. The van der Waals surface area contributed by atoms with Crippen molar-refractivity contribution < 1.29 is 10.2 Å². The molecule has 0 saturated heterocycles. The van der Waals surface area contributed by atoms with E-state index in [1.54, 1.807) is 6.07 Å². The van der Waals surface area contributed by atoms with Crippen LogP contribution in [0.1, 0.15) is 13.3 Å². The molecule has 5 nitrogen and oxygen atoms in total. The maximum Gasteiger partial charge on any atom is 0.133 e. The monoisotopic (exact) mass is 245 g/mol. The highest BCUT2D eigenvalue weighted by molar-refractivity contribution is 6.29. The second kappa shape index (κ2) is 5.34. The number of hydrogen-bond donors (Lipinski definition) is 4. The molecular weight excluding hydrogens is 230 g/mol. The zero-order valence-corrected chi connectivity index (χ0v) is 9.83. The van der Waals surface area contributed by atoms with E-state index < -0.39 is 5.54 Å². The van der Waals surface area contributed by atoms with Crippen molar-refractivity contribution in [1.82, 2.24) is 4.98 Å². The van der Waals surface area contributed by atoms with E-state index in [4.69, 9.17) is 17.3 Å². The normalized spacial score (nSPS) is 11.5. The summed E-state index contributed by atoms with van der Waals surface area (Å²) in [5.41, 5.74) is 5.29. The van der Waals surface area contributed by atoms with Gasteiger partial charge < -0.3 is 21.3 Å². The van der Waals surface area contributed by atoms with Crippen molar-refractivity contribution in [3.63, 3.8) is 0 Å². The van der Waals surface area contributed by atoms with E-state index in [9.17, 15) is 10.2 Å². The van der Waals surface area contributed by atoms with Gasteiger partial charge in [0, 0.05) is 11.8 Å². The number of pyridine rings is 1. The third kappa shape index (κ3) is 2.98. The lowest BCUT2D eigenvalue weighted by atomic mass is 9.98. The van der Waals surface area contributed by atoms with Gasteiger partial charge in [0.1, 0.15) is 11.0 Å². The molecule has 0 saturated carbocycles. The topological polar surface area (TPSA) is 91.4 Å². The fourth-order valence-electron chi connectivity index (χ4n) is 1.29. The molecule has 1 rings (SSSR count). The molecule has 5 N–H and O–H groups in total. The number of nitrogens with one attached hydrogen (secondary N) is 1. The highest BCUT2D eigenvalue weighted by atomic mass is 35.5. The summed E-state index contributed by atoms with van der Waals surface area (Å²) in [5, 5.41) is 21.7. The van der Waals surface area contributed by atoms with Crippen molar-refractivity contribution in [3.05, 3.63) is 17.3 Å². The van der Waals surface area contributed by atoms with E-state index in [0.29, 0.717) is 17.9 Å². The van der Waals surface area contributed by atoms with Gasteiger partial charge in [0.15, 0.2) is 0 Å². The van der Waals surface area contributed by atoms with Crippen LogP contribution < -0.4 is 11.1 Å². The minimum atomic E-state index is -0.801. The number of nitrogens with two attached hydrogens (primary N) is 1. The summed E-state index contributed by atoms with van der Waals surface area (Å²) in [6.07, 6.45) is 0.550. The molecule has 0 unspecified atom stereocenters. The Balaban J connectivity index is 2.93. The number of aliphatic hydroxyl groups excluding tert-OH is 2. The van der Waals surface area contributed by atoms with Gasteiger partial charge in [0.05, 0.1) is 18.8 Å². The van der Waals surface area contributed by atoms with E-state index in [1.807, 2.05) is 6.92 Å². The van der Waals surface area contributed by atoms with Crippen LogP contribution in [-0.4, -0.2) is 33.9 Å². The molecule has 0 aliphatic rings. The second-order valence-electron chi connectivity index (χ2n) is 3.68. The number of aliphatic hydroxyl groups is 2. The lowest BCUT2D eigenvalue weighted by Crippen LogP contribution is -2.45. The molecule has 1 aromatic heterocycles. The first-order valence-corrected chi connectivity index (χ1v) is 5.36. The molecule has 6 heteroatoms. The van der Waals surface area contributed by atoms with Crippen LogP contribution in [0.2, 0.25) is 5.15 Å². The molecule has 0 fully saturated rings. The number of nitrogens with zero attached hydrogens (tertiary/aromatic N) is 1. The summed E-state index contributed by atoms with van der Waals surface area (Å²) in [7, 11) is 0. The van der Waals surface area contributed by atoms with Gasteiger partial charge >= 0.3 is 0 Å². The number of anilines is 2. The van der Waals surface area contributed by atoms with Crippen LogP contribution in [-0.2, 0) is 0 Å². The van der Waals surface area contributed by atoms with Crippen LogP contribution in [0.15, 0.2) is 12.1 Å². The van der Waals surface area contributed by atoms with Crippen molar-refractivity contribution in [2.75, 3.05) is 24.3 Å². The van der Waals surface area contributed by atoms with E-state index in [2.05, 4.69) is 10.3 Å². The molecule has 0 aromatic carbocycles. The number of aromatic nitrogens is 1. The van der Waals surface area contributed by atoms with Crippen molar-refractivity contribution >= 4 is 23.1 Å². The van der Waals surface area contributed by atoms with Crippen LogP contribution in [0.4, 0.5) is 11.5 Å². The zero-order chi connectivity index (χ0) is 12.2. The van der Waals surface area contributed by atoms with Gasteiger partial charge in [-0.05, 0) is 12.5 Å². The number of hydrogen-bond acceptors (Lipinski definition) is 5. The fourth-order valence-corrected chi connectivity index (χ4v) is 1.51. The average molecular weight is 246 g/mol. The molecule has 90 valence electrons. The third-order valence-corrected chi connectivity index (χ3v) is 2.69. The quantitative estimate of drug-likeness (QED) is 0.578. The van der Waals surface area contributed by atoms with Gasteiger partial charge in [-0.3, -0.25) is 0 Å². The van der Waals surface area contributed by atoms with Gasteiger partial charge in [-0.15, -0.1) is 0 Å². The van der Waals surface area contributed by atoms with Gasteiger partial charge in [-0.25, -0.2) is 4.98 Å².